The number of benzene rings is 1. The number of aryl methyl sites for hydroxylation is 3. The number of nitrogens with zero attached hydrogens (tertiary/aromatic N) is 3. The highest BCUT2D eigenvalue weighted by molar-refractivity contribution is 7.18. The number of rotatable bonds is 5. The van der Waals surface area contributed by atoms with E-state index in [1.165, 1.54) is 23.5 Å². The number of hydrogen-bond donors (Lipinski definition) is 1. The molecule has 0 aliphatic carbocycles. The van der Waals surface area contributed by atoms with Gasteiger partial charge in [0.1, 0.15) is 16.5 Å². The lowest BCUT2D eigenvalue weighted by Gasteiger charge is -2.35. The summed E-state index contributed by atoms with van der Waals surface area (Å²) < 4.78 is 13.2. The van der Waals surface area contributed by atoms with Crippen LogP contribution in [0.1, 0.15) is 28.2 Å². The van der Waals surface area contributed by atoms with Gasteiger partial charge in [0.2, 0.25) is 5.91 Å². The molecule has 1 N–H and O–H groups in total. The summed E-state index contributed by atoms with van der Waals surface area (Å²) in [4.78, 5) is 38.3. The van der Waals surface area contributed by atoms with Crippen LogP contribution >= 0.6 is 22.9 Å². The van der Waals surface area contributed by atoms with E-state index >= 15 is 0 Å². The Morgan fingerprint density at radius 1 is 1.26 bits per heavy atom. The van der Waals surface area contributed by atoms with E-state index in [0.29, 0.717) is 48.7 Å². The van der Waals surface area contributed by atoms with Crippen LogP contribution in [0.15, 0.2) is 23.0 Å². The predicted molar refractivity (Wildman–Crippen MR) is 121 cm³/mol. The normalized spacial score (nSPS) is 15.0. The predicted octanol–water partition coefficient (Wildman–Crippen LogP) is 3.67. The molecule has 1 amide bonds. The number of carbonyl (C=O) groups excluding carboxylic acids is 1. The number of aromatic amines is 1. The van der Waals surface area contributed by atoms with E-state index in [-0.39, 0.29) is 17.3 Å². The average molecular weight is 463 g/mol. The third-order valence-electron chi connectivity index (χ3n) is 5.80. The molecule has 2 aromatic heterocycles. The molecule has 3 heterocycles. The Labute approximate surface area is 188 Å². The lowest BCUT2D eigenvalue weighted by atomic mass is 10.1. The van der Waals surface area contributed by atoms with Crippen molar-refractivity contribution >= 4 is 39.1 Å². The molecule has 3 aromatic rings. The number of hydrogen-bond acceptors (Lipinski definition) is 5. The van der Waals surface area contributed by atoms with Crippen molar-refractivity contribution in [2.24, 2.45) is 0 Å². The zero-order valence-electron chi connectivity index (χ0n) is 17.5. The van der Waals surface area contributed by atoms with Crippen LogP contribution in [0, 0.1) is 19.7 Å². The van der Waals surface area contributed by atoms with Crippen LogP contribution in [0.25, 0.3) is 10.2 Å². The van der Waals surface area contributed by atoms with Gasteiger partial charge < -0.3 is 9.88 Å². The van der Waals surface area contributed by atoms with Crippen molar-refractivity contribution in [1.82, 2.24) is 19.8 Å². The van der Waals surface area contributed by atoms with Crippen molar-refractivity contribution in [3.8, 4) is 0 Å². The van der Waals surface area contributed by atoms with Crippen molar-refractivity contribution in [3.63, 3.8) is 0 Å². The molecule has 1 aliphatic rings. The molecule has 1 aliphatic heterocycles. The Kier molecular flexibility index (Phi) is 6.41. The summed E-state index contributed by atoms with van der Waals surface area (Å²) in [5, 5.41) is 1.07. The van der Waals surface area contributed by atoms with E-state index in [9.17, 15) is 14.0 Å². The molecular formula is C22H24ClFN4O2S. The molecule has 0 bridgehead atoms. The summed E-state index contributed by atoms with van der Waals surface area (Å²) in [6, 6.07) is 4.44. The summed E-state index contributed by atoms with van der Waals surface area (Å²) in [6.07, 6.45) is 0.715. The maximum absolute atomic E-state index is 13.2. The second-order valence-corrected chi connectivity index (χ2v) is 9.48. The number of fused-ring (bicyclic) bond motifs is 1. The Balaban J connectivity index is 1.31. The minimum atomic E-state index is -0.344. The van der Waals surface area contributed by atoms with Gasteiger partial charge in [-0.05, 0) is 37.1 Å². The van der Waals surface area contributed by atoms with Crippen LogP contribution < -0.4 is 5.56 Å². The van der Waals surface area contributed by atoms with E-state index in [2.05, 4.69) is 14.9 Å². The first-order valence-corrected chi connectivity index (χ1v) is 11.4. The molecule has 0 radical (unpaired) electrons. The standard InChI is InChI=1S/C22H24ClFN4O2S/c1-13-14(2)31-22-20(13)21(30)25-18(26-22)5-6-19(29)28-9-7-27(8-10-28)12-15-3-4-16(24)11-17(15)23/h3-4,11H,5-10,12H2,1-2H3,(H,25,26,30). The molecule has 1 saturated heterocycles. The summed E-state index contributed by atoms with van der Waals surface area (Å²) in [6.45, 7) is 7.26. The quantitative estimate of drug-likeness (QED) is 0.628. The summed E-state index contributed by atoms with van der Waals surface area (Å²) in [5.74, 6) is 0.265. The van der Waals surface area contributed by atoms with Crippen molar-refractivity contribution in [2.75, 3.05) is 26.2 Å². The Morgan fingerprint density at radius 3 is 2.71 bits per heavy atom. The van der Waals surface area contributed by atoms with E-state index in [0.717, 1.165) is 33.9 Å². The highest BCUT2D eigenvalue weighted by Crippen LogP contribution is 2.26. The highest BCUT2D eigenvalue weighted by atomic mass is 35.5. The zero-order valence-corrected chi connectivity index (χ0v) is 19.1. The minimum absolute atomic E-state index is 0.0563. The Morgan fingerprint density at radius 2 is 2.00 bits per heavy atom. The fraction of sp³-hybridized carbons (Fsp3) is 0.409. The molecule has 6 nitrogen and oxygen atoms in total. The largest absolute Gasteiger partial charge is 0.340 e. The van der Waals surface area contributed by atoms with E-state index < -0.39 is 0 Å². The van der Waals surface area contributed by atoms with Gasteiger partial charge >= 0.3 is 0 Å². The number of aromatic nitrogens is 2. The first kappa shape index (κ1) is 21.9. The molecule has 0 spiro atoms. The zero-order chi connectivity index (χ0) is 22.1. The van der Waals surface area contributed by atoms with Gasteiger partial charge in [0, 0.05) is 55.5 Å². The smallest absolute Gasteiger partial charge is 0.259 e. The van der Waals surface area contributed by atoms with Gasteiger partial charge in [-0.3, -0.25) is 14.5 Å². The van der Waals surface area contributed by atoms with Gasteiger partial charge in [0.25, 0.3) is 5.56 Å². The third-order valence-corrected chi connectivity index (χ3v) is 7.25. The molecule has 4 rings (SSSR count). The second kappa shape index (κ2) is 9.06. The SMILES string of the molecule is Cc1sc2nc(CCC(=O)N3CCN(Cc4ccc(F)cc4Cl)CC3)[nH]c(=O)c2c1C. The summed E-state index contributed by atoms with van der Waals surface area (Å²) >= 11 is 7.63. The number of piperazine rings is 1. The van der Waals surface area contributed by atoms with Gasteiger partial charge in [-0.2, -0.15) is 0 Å². The molecule has 0 atom stereocenters. The van der Waals surface area contributed by atoms with Crippen molar-refractivity contribution in [2.45, 2.75) is 33.2 Å². The third kappa shape index (κ3) is 4.81. The second-order valence-electron chi connectivity index (χ2n) is 7.87. The van der Waals surface area contributed by atoms with Crippen LogP contribution in [0.2, 0.25) is 5.02 Å². The van der Waals surface area contributed by atoms with Gasteiger partial charge in [-0.15, -0.1) is 11.3 Å². The number of nitrogens with one attached hydrogen (secondary N) is 1. The first-order valence-electron chi connectivity index (χ1n) is 10.2. The lowest BCUT2D eigenvalue weighted by Crippen LogP contribution is -2.48. The van der Waals surface area contributed by atoms with Crippen LogP contribution in [0.4, 0.5) is 4.39 Å². The topological polar surface area (TPSA) is 69.3 Å². The van der Waals surface area contributed by atoms with E-state index in [1.54, 1.807) is 6.07 Å². The monoisotopic (exact) mass is 462 g/mol. The maximum atomic E-state index is 13.2. The molecule has 0 unspecified atom stereocenters. The van der Waals surface area contributed by atoms with Gasteiger partial charge in [0.05, 0.1) is 5.39 Å². The minimum Gasteiger partial charge on any atom is -0.340 e. The van der Waals surface area contributed by atoms with Crippen molar-refractivity contribution in [1.29, 1.82) is 0 Å². The number of carbonyl (C=O) groups is 1. The van der Waals surface area contributed by atoms with Crippen LogP contribution in [-0.2, 0) is 17.8 Å². The van der Waals surface area contributed by atoms with E-state index in [1.807, 2.05) is 18.7 Å². The molecular weight excluding hydrogens is 439 g/mol. The maximum Gasteiger partial charge on any atom is 0.259 e. The number of H-pyrrole nitrogens is 1. The number of halogens is 2. The van der Waals surface area contributed by atoms with Gasteiger partial charge in [-0.25, -0.2) is 9.37 Å². The highest BCUT2D eigenvalue weighted by Gasteiger charge is 2.22. The Bertz CT molecular complexity index is 1180. The molecule has 164 valence electrons. The van der Waals surface area contributed by atoms with Crippen LogP contribution in [0.3, 0.4) is 0 Å². The first-order chi connectivity index (χ1) is 14.8. The number of amides is 1. The van der Waals surface area contributed by atoms with Crippen LogP contribution in [-0.4, -0.2) is 51.9 Å². The fourth-order valence-electron chi connectivity index (χ4n) is 3.85. The molecule has 31 heavy (non-hydrogen) atoms. The number of thiophene rings is 1. The molecule has 9 heteroatoms. The summed E-state index contributed by atoms with van der Waals surface area (Å²) in [7, 11) is 0. The summed E-state index contributed by atoms with van der Waals surface area (Å²) in [5.41, 5.74) is 1.71. The van der Waals surface area contributed by atoms with Gasteiger partial charge in [-0.1, -0.05) is 17.7 Å². The molecule has 1 fully saturated rings. The van der Waals surface area contributed by atoms with Gasteiger partial charge in [0.15, 0.2) is 0 Å². The van der Waals surface area contributed by atoms with Crippen molar-refractivity contribution in [3.05, 3.63) is 61.2 Å². The molecule has 1 aromatic carbocycles. The molecule has 0 saturated carbocycles. The van der Waals surface area contributed by atoms with Crippen LogP contribution in [0.5, 0.6) is 0 Å². The lowest BCUT2D eigenvalue weighted by molar-refractivity contribution is -0.133. The average Bonchev–Trinajstić information content (AvgIpc) is 3.03. The Hall–Kier alpha value is -2.29. The van der Waals surface area contributed by atoms with Crippen molar-refractivity contribution < 1.29 is 9.18 Å². The fourth-order valence-corrected chi connectivity index (χ4v) is 5.12. The van der Waals surface area contributed by atoms with E-state index in [4.69, 9.17) is 11.6 Å².